The third kappa shape index (κ3) is 4.65. The Bertz CT molecular complexity index is 966. The Kier molecular flexibility index (Phi) is 6.46. The third-order valence-corrected chi connectivity index (χ3v) is 4.59. The highest BCUT2D eigenvalue weighted by atomic mass is 16.5. The van der Waals surface area contributed by atoms with Gasteiger partial charge < -0.3 is 15.2 Å². The number of aryl methyl sites for hydroxylation is 1. The number of amides is 3. The standard InChI is InChI=1S/C22H22N2O6/c1-2-11-30-18-9-7-14(8-10-20(26)27)12-17(18)23-19(25)13-24-21(28)15-5-3-4-6-16(15)22(24)29/h3-7,9,12H,2,8,10-11,13H2,1H3,(H,23,25)(H,26,27). The highest BCUT2D eigenvalue weighted by molar-refractivity contribution is 6.22. The molecule has 2 aromatic carbocycles. The van der Waals surface area contributed by atoms with Crippen molar-refractivity contribution in [2.75, 3.05) is 18.5 Å². The van der Waals surface area contributed by atoms with E-state index < -0.39 is 30.2 Å². The van der Waals surface area contributed by atoms with Gasteiger partial charge in [-0.2, -0.15) is 0 Å². The molecule has 0 unspecified atom stereocenters. The first-order valence-electron chi connectivity index (χ1n) is 9.63. The third-order valence-electron chi connectivity index (χ3n) is 4.59. The second kappa shape index (κ2) is 9.21. The van der Waals surface area contributed by atoms with Gasteiger partial charge in [0.2, 0.25) is 5.91 Å². The normalized spacial score (nSPS) is 12.6. The molecule has 0 spiro atoms. The number of carbonyl (C=O) groups is 4. The van der Waals surface area contributed by atoms with Gasteiger partial charge in [-0.1, -0.05) is 25.1 Å². The number of imide groups is 1. The van der Waals surface area contributed by atoms with E-state index in [1.54, 1.807) is 42.5 Å². The topological polar surface area (TPSA) is 113 Å². The zero-order chi connectivity index (χ0) is 21.7. The molecule has 8 heteroatoms. The number of fused-ring (bicyclic) bond motifs is 1. The molecule has 30 heavy (non-hydrogen) atoms. The van der Waals surface area contributed by atoms with E-state index in [0.717, 1.165) is 16.9 Å². The van der Waals surface area contributed by atoms with Crippen LogP contribution < -0.4 is 10.1 Å². The van der Waals surface area contributed by atoms with Crippen molar-refractivity contribution in [1.29, 1.82) is 0 Å². The van der Waals surface area contributed by atoms with Crippen LogP contribution in [0.5, 0.6) is 5.75 Å². The van der Waals surface area contributed by atoms with E-state index in [4.69, 9.17) is 9.84 Å². The molecular formula is C22H22N2O6. The molecule has 0 bridgehead atoms. The summed E-state index contributed by atoms with van der Waals surface area (Å²) in [7, 11) is 0. The number of benzene rings is 2. The van der Waals surface area contributed by atoms with Gasteiger partial charge in [0.25, 0.3) is 11.8 Å². The predicted molar refractivity (Wildman–Crippen MR) is 109 cm³/mol. The fraction of sp³-hybridized carbons (Fsp3) is 0.273. The Morgan fingerprint density at radius 1 is 1.07 bits per heavy atom. The molecule has 156 valence electrons. The first kappa shape index (κ1) is 21.0. The summed E-state index contributed by atoms with van der Waals surface area (Å²) in [5, 5.41) is 11.6. The molecular weight excluding hydrogens is 388 g/mol. The van der Waals surface area contributed by atoms with Crippen molar-refractivity contribution in [3.8, 4) is 5.75 Å². The minimum Gasteiger partial charge on any atom is -0.491 e. The van der Waals surface area contributed by atoms with Gasteiger partial charge in [0.05, 0.1) is 23.4 Å². The molecule has 0 aromatic heterocycles. The number of carboxylic acid groups (broad SMARTS) is 1. The van der Waals surface area contributed by atoms with Gasteiger partial charge in [0, 0.05) is 6.42 Å². The van der Waals surface area contributed by atoms with Crippen molar-refractivity contribution in [2.45, 2.75) is 26.2 Å². The van der Waals surface area contributed by atoms with E-state index in [-0.39, 0.29) is 17.5 Å². The summed E-state index contributed by atoms with van der Waals surface area (Å²) in [4.78, 5) is 49.2. The molecule has 0 saturated heterocycles. The predicted octanol–water partition coefficient (Wildman–Crippen LogP) is 2.73. The average Bonchev–Trinajstić information content (AvgIpc) is 2.96. The van der Waals surface area contributed by atoms with Gasteiger partial charge in [-0.3, -0.25) is 24.1 Å². The number of nitrogens with zero attached hydrogens (tertiary/aromatic N) is 1. The molecule has 1 aliphatic heterocycles. The van der Waals surface area contributed by atoms with Crippen LogP contribution in [0.15, 0.2) is 42.5 Å². The lowest BCUT2D eigenvalue weighted by Gasteiger charge is -2.16. The van der Waals surface area contributed by atoms with E-state index in [1.165, 1.54) is 0 Å². The largest absolute Gasteiger partial charge is 0.491 e. The monoisotopic (exact) mass is 410 g/mol. The maximum atomic E-state index is 12.6. The van der Waals surface area contributed by atoms with Crippen LogP contribution in [0.4, 0.5) is 5.69 Å². The van der Waals surface area contributed by atoms with Crippen LogP contribution in [0, 0.1) is 0 Å². The van der Waals surface area contributed by atoms with Crippen molar-refractivity contribution in [2.24, 2.45) is 0 Å². The smallest absolute Gasteiger partial charge is 0.303 e. The number of aliphatic carboxylic acids is 1. The molecule has 2 N–H and O–H groups in total. The van der Waals surface area contributed by atoms with Gasteiger partial charge >= 0.3 is 5.97 Å². The summed E-state index contributed by atoms with van der Waals surface area (Å²) in [5.41, 5.74) is 1.64. The number of carbonyl (C=O) groups excluding carboxylic acids is 3. The van der Waals surface area contributed by atoms with E-state index in [0.29, 0.717) is 24.5 Å². The van der Waals surface area contributed by atoms with E-state index >= 15 is 0 Å². The van der Waals surface area contributed by atoms with Crippen LogP contribution in [0.25, 0.3) is 0 Å². The van der Waals surface area contributed by atoms with Crippen molar-refractivity contribution in [1.82, 2.24) is 4.90 Å². The molecule has 8 nitrogen and oxygen atoms in total. The van der Waals surface area contributed by atoms with Crippen LogP contribution in [0.2, 0.25) is 0 Å². The summed E-state index contributed by atoms with van der Waals surface area (Å²) in [6, 6.07) is 11.5. The fourth-order valence-corrected chi connectivity index (χ4v) is 3.14. The summed E-state index contributed by atoms with van der Waals surface area (Å²) in [6.45, 7) is 1.95. The minimum absolute atomic E-state index is 0.0441. The molecule has 1 aliphatic rings. The lowest BCUT2D eigenvalue weighted by molar-refractivity contribution is -0.137. The molecule has 0 fully saturated rings. The number of anilines is 1. The van der Waals surface area contributed by atoms with Gasteiger partial charge in [-0.15, -0.1) is 0 Å². The molecule has 3 rings (SSSR count). The Balaban J connectivity index is 1.74. The summed E-state index contributed by atoms with van der Waals surface area (Å²) in [5.74, 6) is -2.06. The first-order chi connectivity index (χ1) is 14.4. The van der Waals surface area contributed by atoms with Gasteiger partial charge in [-0.05, 0) is 42.7 Å². The SMILES string of the molecule is CCCOc1ccc(CCC(=O)O)cc1NC(=O)CN1C(=O)c2ccccc2C1=O. The van der Waals surface area contributed by atoms with Crippen LogP contribution in [-0.2, 0) is 16.0 Å². The molecule has 3 amide bonds. The van der Waals surface area contributed by atoms with Crippen molar-refractivity contribution < 1.29 is 29.0 Å². The first-order valence-corrected chi connectivity index (χ1v) is 9.63. The number of ether oxygens (including phenoxy) is 1. The van der Waals surface area contributed by atoms with E-state index in [1.807, 2.05) is 6.92 Å². The Labute approximate surface area is 173 Å². The lowest BCUT2D eigenvalue weighted by atomic mass is 10.1. The van der Waals surface area contributed by atoms with Crippen LogP contribution in [0.3, 0.4) is 0 Å². The van der Waals surface area contributed by atoms with Gasteiger partial charge in [0.15, 0.2) is 0 Å². The molecule has 0 atom stereocenters. The molecule has 0 saturated carbocycles. The number of carboxylic acids is 1. The molecule has 0 aliphatic carbocycles. The maximum absolute atomic E-state index is 12.6. The van der Waals surface area contributed by atoms with Crippen LogP contribution in [0.1, 0.15) is 46.0 Å². The Morgan fingerprint density at radius 3 is 2.33 bits per heavy atom. The Morgan fingerprint density at radius 2 is 1.73 bits per heavy atom. The quantitative estimate of drug-likeness (QED) is 0.615. The number of rotatable bonds is 9. The minimum atomic E-state index is -0.919. The number of nitrogens with one attached hydrogen (secondary N) is 1. The highest BCUT2D eigenvalue weighted by Crippen LogP contribution is 2.27. The lowest BCUT2D eigenvalue weighted by Crippen LogP contribution is -2.37. The zero-order valence-electron chi connectivity index (χ0n) is 16.5. The summed E-state index contributed by atoms with van der Waals surface area (Å²) in [6.07, 6.45) is 1.02. The second-order valence-electron chi connectivity index (χ2n) is 6.86. The van der Waals surface area contributed by atoms with Gasteiger partial charge in [-0.25, -0.2) is 0 Å². The molecule has 0 radical (unpaired) electrons. The van der Waals surface area contributed by atoms with Crippen molar-refractivity contribution in [3.63, 3.8) is 0 Å². The highest BCUT2D eigenvalue weighted by Gasteiger charge is 2.36. The number of hydrogen-bond acceptors (Lipinski definition) is 5. The van der Waals surface area contributed by atoms with Crippen LogP contribution >= 0.6 is 0 Å². The van der Waals surface area contributed by atoms with Crippen molar-refractivity contribution in [3.05, 3.63) is 59.2 Å². The molecule has 1 heterocycles. The number of hydrogen-bond donors (Lipinski definition) is 2. The maximum Gasteiger partial charge on any atom is 0.303 e. The zero-order valence-corrected chi connectivity index (χ0v) is 16.5. The Hall–Kier alpha value is -3.68. The summed E-state index contributed by atoms with van der Waals surface area (Å²) >= 11 is 0. The van der Waals surface area contributed by atoms with Crippen LogP contribution in [-0.4, -0.2) is 46.8 Å². The second-order valence-corrected chi connectivity index (χ2v) is 6.86. The van der Waals surface area contributed by atoms with Crippen molar-refractivity contribution >= 4 is 29.4 Å². The summed E-state index contributed by atoms with van der Waals surface area (Å²) < 4.78 is 5.65. The van der Waals surface area contributed by atoms with E-state index in [2.05, 4.69) is 5.32 Å². The van der Waals surface area contributed by atoms with Gasteiger partial charge in [0.1, 0.15) is 12.3 Å². The molecule has 2 aromatic rings. The van der Waals surface area contributed by atoms with E-state index in [9.17, 15) is 19.2 Å². The fourth-order valence-electron chi connectivity index (χ4n) is 3.14. The average molecular weight is 410 g/mol.